The van der Waals surface area contributed by atoms with E-state index in [4.69, 9.17) is 9.40 Å². The molecule has 0 bridgehead atoms. The molecule has 0 atom stereocenters. The first kappa shape index (κ1) is 13.3. The fourth-order valence-corrected chi connectivity index (χ4v) is 2.54. The first-order chi connectivity index (χ1) is 10.9. The molecule has 1 saturated carbocycles. The molecule has 110 valence electrons. The maximum absolute atomic E-state index is 6.06. The molecule has 1 heterocycles. The van der Waals surface area contributed by atoms with Gasteiger partial charge in [-0.05, 0) is 12.8 Å². The minimum Gasteiger partial charge on any atom is -0.439 e. The molecular weight excluding hydrogens is 272 g/mol. The number of oxazole rings is 1. The lowest BCUT2D eigenvalue weighted by atomic mass is 10.1. The molecule has 1 aromatic heterocycles. The molecule has 1 N–H and O–H groups in total. The van der Waals surface area contributed by atoms with Gasteiger partial charge in [-0.2, -0.15) is 0 Å². The second kappa shape index (κ2) is 5.78. The van der Waals surface area contributed by atoms with E-state index >= 15 is 0 Å². The van der Waals surface area contributed by atoms with Crippen molar-refractivity contribution in [2.24, 2.45) is 0 Å². The molecular formula is C19H18N2O. The third-order valence-electron chi connectivity index (χ3n) is 3.87. The Labute approximate surface area is 130 Å². The smallest absolute Gasteiger partial charge is 0.209 e. The van der Waals surface area contributed by atoms with Gasteiger partial charge in [0.2, 0.25) is 5.89 Å². The molecule has 0 radical (unpaired) electrons. The van der Waals surface area contributed by atoms with E-state index < -0.39 is 0 Å². The summed E-state index contributed by atoms with van der Waals surface area (Å²) in [5, 5.41) is 3.46. The van der Waals surface area contributed by atoms with Crippen LogP contribution < -0.4 is 5.32 Å². The van der Waals surface area contributed by atoms with Crippen LogP contribution in [-0.2, 0) is 6.54 Å². The van der Waals surface area contributed by atoms with Crippen molar-refractivity contribution in [2.75, 3.05) is 0 Å². The Morgan fingerprint density at radius 1 is 0.909 bits per heavy atom. The van der Waals surface area contributed by atoms with Crippen molar-refractivity contribution in [3.8, 4) is 22.6 Å². The maximum Gasteiger partial charge on any atom is 0.209 e. The average Bonchev–Trinajstić information content (AvgIpc) is 3.32. The van der Waals surface area contributed by atoms with E-state index in [9.17, 15) is 0 Å². The van der Waals surface area contributed by atoms with Crippen LogP contribution in [0.25, 0.3) is 22.6 Å². The molecule has 3 heteroatoms. The van der Waals surface area contributed by atoms with Crippen LogP contribution in [0.3, 0.4) is 0 Å². The summed E-state index contributed by atoms with van der Waals surface area (Å²) in [6.07, 6.45) is 2.52. The van der Waals surface area contributed by atoms with Crippen LogP contribution in [0.2, 0.25) is 0 Å². The number of hydrogen-bond acceptors (Lipinski definition) is 3. The summed E-state index contributed by atoms with van der Waals surface area (Å²) >= 11 is 0. The first-order valence-electron chi connectivity index (χ1n) is 7.74. The molecule has 4 rings (SSSR count). The molecule has 3 aromatic rings. The number of rotatable bonds is 5. The zero-order valence-electron chi connectivity index (χ0n) is 12.3. The summed E-state index contributed by atoms with van der Waals surface area (Å²) in [5.41, 5.74) is 3.06. The van der Waals surface area contributed by atoms with Crippen molar-refractivity contribution >= 4 is 0 Å². The van der Waals surface area contributed by atoms with Gasteiger partial charge in [-0.3, -0.25) is 0 Å². The minimum atomic E-state index is 0.646. The predicted molar refractivity (Wildman–Crippen MR) is 87.2 cm³/mol. The quantitative estimate of drug-likeness (QED) is 0.763. The van der Waals surface area contributed by atoms with Gasteiger partial charge in [0.25, 0.3) is 0 Å². The predicted octanol–water partition coefficient (Wildman–Crippen LogP) is 4.26. The highest BCUT2D eigenvalue weighted by atomic mass is 16.4. The Balaban J connectivity index is 1.73. The number of aromatic nitrogens is 1. The molecule has 0 unspecified atom stereocenters. The maximum atomic E-state index is 6.06. The van der Waals surface area contributed by atoms with E-state index in [1.165, 1.54) is 12.8 Å². The van der Waals surface area contributed by atoms with Crippen LogP contribution >= 0.6 is 0 Å². The van der Waals surface area contributed by atoms with E-state index in [1.807, 2.05) is 36.4 Å². The summed E-state index contributed by atoms with van der Waals surface area (Å²) in [6, 6.07) is 21.0. The van der Waals surface area contributed by atoms with Crippen molar-refractivity contribution in [3.63, 3.8) is 0 Å². The molecule has 22 heavy (non-hydrogen) atoms. The topological polar surface area (TPSA) is 38.1 Å². The molecule has 3 nitrogen and oxygen atoms in total. The van der Waals surface area contributed by atoms with Crippen LogP contribution in [0.1, 0.15) is 18.7 Å². The Morgan fingerprint density at radius 2 is 1.55 bits per heavy atom. The zero-order valence-corrected chi connectivity index (χ0v) is 12.3. The van der Waals surface area contributed by atoms with Crippen LogP contribution in [-0.4, -0.2) is 11.0 Å². The molecule has 1 aliphatic carbocycles. The fraction of sp³-hybridized carbons (Fsp3) is 0.211. The van der Waals surface area contributed by atoms with Gasteiger partial charge in [-0.1, -0.05) is 60.7 Å². The average molecular weight is 290 g/mol. The summed E-state index contributed by atoms with van der Waals surface area (Å²) in [4.78, 5) is 4.73. The zero-order chi connectivity index (χ0) is 14.8. The molecule has 1 fully saturated rings. The van der Waals surface area contributed by atoms with Gasteiger partial charge in [-0.25, -0.2) is 4.98 Å². The highest BCUT2D eigenvalue weighted by Crippen LogP contribution is 2.32. The lowest BCUT2D eigenvalue weighted by Gasteiger charge is -2.00. The summed E-state index contributed by atoms with van der Waals surface area (Å²) in [5.74, 6) is 1.60. The van der Waals surface area contributed by atoms with Gasteiger partial charge in [0, 0.05) is 17.2 Å². The number of nitrogens with one attached hydrogen (secondary N) is 1. The minimum absolute atomic E-state index is 0.646. The second-order valence-electron chi connectivity index (χ2n) is 5.67. The molecule has 0 amide bonds. The molecule has 2 aromatic carbocycles. The number of hydrogen-bond donors (Lipinski definition) is 1. The Morgan fingerprint density at radius 3 is 2.18 bits per heavy atom. The molecule has 1 aliphatic rings. The van der Waals surface area contributed by atoms with E-state index in [-0.39, 0.29) is 0 Å². The van der Waals surface area contributed by atoms with E-state index in [0.717, 1.165) is 28.5 Å². The van der Waals surface area contributed by atoms with Gasteiger partial charge >= 0.3 is 0 Å². The van der Waals surface area contributed by atoms with Gasteiger partial charge < -0.3 is 9.73 Å². The lowest BCUT2D eigenvalue weighted by Crippen LogP contribution is -2.15. The third-order valence-corrected chi connectivity index (χ3v) is 3.87. The van der Waals surface area contributed by atoms with Crippen molar-refractivity contribution in [3.05, 3.63) is 66.6 Å². The monoisotopic (exact) mass is 290 g/mol. The number of benzene rings is 2. The third kappa shape index (κ3) is 2.81. The lowest BCUT2D eigenvalue weighted by molar-refractivity contribution is 0.477. The SMILES string of the molecule is c1ccc(-c2nc(CNC3CC3)oc2-c2ccccc2)cc1. The highest BCUT2D eigenvalue weighted by molar-refractivity contribution is 5.76. The van der Waals surface area contributed by atoms with Crippen LogP contribution in [0.15, 0.2) is 65.1 Å². The number of nitrogens with zero attached hydrogens (tertiary/aromatic N) is 1. The van der Waals surface area contributed by atoms with E-state index in [2.05, 4.69) is 29.6 Å². The normalized spacial score (nSPS) is 14.2. The van der Waals surface area contributed by atoms with E-state index in [0.29, 0.717) is 12.6 Å². The van der Waals surface area contributed by atoms with Crippen molar-refractivity contribution in [1.82, 2.24) is 10.3 Å². The van der Waals surface area contributed by atoms with Crippen LogP contribution in [0.4, 0.5) is 0 Å². The Kier molecular flexibility index (Phi) is 3.49. The standard InChI is InChI=1S/C19H18N2O/c1-3-7-14(8-4-1)18-19(15-9-5-2-6-10-15)22-17(21-18)13-20-16-11-12-16/h1-10,16,20H,11-13H2. The van der Waals surface area contributed by atoms with Gasteiger partial charge in [0.15, 0.2) is 5.76 Å². The largest absolute Gasteiger partial charge is 0.439 e. The summed E-state index contributed by atoms with van der Waals surface area (Å²) < 4.78 is 6.06. The Bertz CT molecular complexity index is 689. The van der Waals surface area contributed by atoms with Gasteiger partial charge in [0.1, 0.15) is 5.69 Å². The molecule has 0 spiro atoms. The molecule has 0 saturated heterocycles. The van der Waals surface area contributed by atoms with Gasteiger partial charge in [-0.15, -0.1) is 0 Å². The summed E-state index contributed by atoms with van der Waals surface area (Å²) in [7, 11) is 0. The van der Waals surface area contributed by atoms with Crippen LogP contribution in [0.5, 0.6) is 0 Å². The van der Waals surface area contributed by atoms with Crippen molar-refractivity contribution < 1.29 is 4.42 Å². The van der Waals surface area contributed by atoms with Crippen molar-refractivity contribution in [2.45, 2.75) is 25.4 Å². The van der Waals surface area contributed by atoms with Crippen LogP contribution in [0, 0.1) is 0 Å². The van der Waals surface area contributed by atoms with Gasteiger partial charge in [0.05, 0.1) is 6.54 Å². The second-order valence-corrected chi connectivity index (χ2v) is 5.67. The first-order valence-corrected chi connectivity index (χ1v) is 7.74. The highest BCUT2D eigenvalue weighted by Gasteiger charge is 2.22. The fourth-order valence-electron chi connectivity index (χ4n) is 2.54. The van der Waals surface area contributed by atoms with E-state index in [1.54, 1.807) is 0 Å². The Hall–Kier alpha value is -2.39. The summed E-state index contributed by atoms with van der Waals surface area (Å²) in [6.45, 7) is 0.692. The van der Waals surface area contributed by atoms with Crippen molar-refractivity contribution in [1.29, 1.82) is 0 Å². The molecule has 0 aliphatic heterocycles.